The lowest BCUT2D eigenvalue weighted by atomic mass is 9.95. The van der Waals surface area contributed by atoms with Crippen molar-refractivity contribution in [2.24, 2.45) is 0 Å². The van der Waals surface area contributed by atoms with E-state index in [9.17, 15) is 9.59 Å². The molecule has 1 aromatic heterocycles. The first-order chi connectivity index (χ1) is 9.47. The van der Waals surface area contributed by atoms with Gasteiger partial charge in [-0.05, 0) is 18.6 Å². The van der Waals surface area contributed by atoms with Crippen LogP contribution in [0.2, 0.25) is 0 Å². The van der Waals surface area contributed by atoms with Crippen LogP contribution in [0.5, 0.6) is 0 Å². The van der Waals surface area contributed by atoms with Gasteiger partial charge in [-0.3, -0.25) is 5.32 Å². The number of nitrogens with zero attached hydrogens (tertiary/aromatic N) is 3. The summed E-state index contributed by atoms with van der Waals surface area (Å²) in [6.45, 7) is 3.29. The Morgan fingerprint density at radius 2 is 2.15 bits per heavy atom. The van der Waals surface area contributed by atoms with E-state index in [4.69, 9.17) is 4.74 Å². The second kappa shape index (κ2) is 4.36. The summed E-state index contributed by atoms with van der Waals surface area (Å²) in [6.07, 6.45) is 1.37. The Morgan fingerprint density at radius 3 is 2.70 bits per heavy atom. The Balaban J connectivity index is 1.56. The van der Waals surface area contributed by atoms with Gasteiger partial charge in [-0.15, -0.1) is 0 Å². The second-order valence-electron chi connectivity index (χ2n) is 5.41. The molecule has 0 saturated carbocycles. The van der Waals surface area contributed by atoms with Crippen molar-refractivity contribution in [1.29, 1.82) is 0 Å². The van der Waals surface area contributed by atoms with Crippen LogP contribution < -0.4 is 5.32 Å². The molecule has 2 fully saturated rings. The number of hydrogen-bond acceptors (Lipinski definition) is 4. The number of likely N-dealkylation sites (tertiary alicyclic amines) is 1. The van der Waals surface area contributed by atoms with Gasteiger partial charge in [0.05, 0.1) is 19.6 Å². The van der Waals surface area contributed by atoms with E-state index in [1.807, 2.05) is 13.0 Å². The van der Waals surface area contributed by atoms with Crippen molar-refractivity contribution in [2.75, 3.05) is 32.0 Å². The minimum Gasteiger partial charge on any atom is -0.437 e. The zero-order chi connectivity index (χ0) is 14.3. The van der Waals surface area contributed by atoms with E-state index in [1.165, 1.54) is 4.90 Å². The summed E-state index contributed by atoms with van der Waals surface area (Å²) in [5, 5.41) is 2.72. The Morgan fingerprint density at radius 1 is 1.40 bits per heavy atom. The minimum absolute atomic E-state index is 0.224. The first-order valence-corrected chi connectivity index (χ1v) is 6.40. The zero-order valence-electron chi connectivity index (χ0n) is 11.4. The van der Waals surface area contributed by atoms with Gasteiger partial charge in [0.15, 0.2) is 5.60 Å². The number of aromatic nitrogens is 1. The van der Waals surface area contributed by atoms with Gasteiger partial charge >= 0.3 is 12.1 Å². The maximum atomic E-state index is 12.0. The van der Waals surface area contributed by atoms with E-state index in [1.54, 1.807) is 24.2 Å². The number of aryl methyl sites for hydroxylation is 1. The van der Waals surface area contributed by atoms with Gasteiger partial charge in [0, 0.05) is 13.2 Å². The van der Waals surface area contributed by atoms with E-state index < -0.39 is 5.60 Å². The third kappa shape index (κ3) is 2.15. The van der Waals surface area contributed by atoms with Crippen LogP contribution in [-0.4, -0.2) is 59.2 Å². The van der Waals surface area contributed by atoms with Gasteiger partial charge < -0.3 is 14.5 Å². The molecular weight excluding hydrogens is 260 g/mol. The SMILES string of the molecule is Cc1ccc(NC(=O)N2CC3(CN(C)C(=O)O3)C2)nc1. The van der Waals surface area contributed by atoms with E-state index >= 15 is 0 Å². The van der Waals surface area contributed by atoms with Crippen LogP contribution in [0.25, 0.3) is 0 Å². The predicted molar refractivity (Wildman–Crippen MR) is 71.4 cm³/mol. The number of amides is 3. The van der Waals surface area contributed by atoms with Crippen LogP contribution in [0.1, 0.15) is 5.56 Å². The number of likely N-dealkylation sites (N-methyl/N-ethyl adjacent to an activating group) is 1. The number of carbonyl (C=O) groups is 2. The maximum Gasteiger partial charge on any atom is 0.410 e. The van der Waals surface area contributed by atoms with Crippen molar-refractivity contribution in [2.45, 2.75) is 12.5 Å². The number of rotatable bonds is 1. The number of nitrogens with one attached hydrogen (secondary N) is 1. The van der Waals surface area contributed by atoms with Crippen LogP contribution in [0.3, 0.4) is 0 Å². The Kier molecular flexibility index (Phi) is 2.77. The molecule has 3 amide bonds. The molecule has 0 radical (unpaired) electrons. The number of anilines is 1. The topological polar surface area (TPSA) is 74.8 Å². The highest BCUT2D eigenvalue weighted by molar-refractivity contribution is 5.89. The molecule has 0 aliphatic carbocycles. The van der Waals surface area contributed by atoms with Crippen LogP contribution in [-0.2, 0) is 4.74 Å². The van der Waals surface area contributed by atoms with Gasteiger partial charge in [-0.2, -0.15) is 0 Å². The predicted octanol–water partition coefficient (Wildman–Crippen LogP) is 1.06. The average molecular weight is 276 g/mol. The molecule has 7 heteroatoms. The molecule has 1 aromatic rings. The van der Waals surface area contributed by atoms with E-state index in [0.29, 0.717) is 25.5 Å². The molecule has 0 aromatic carbocycles. The standard InChI is InChI=1S/C13H16N4O3/c1-9-3-4-10(14-5-9)15-11(18)17-7-13(8-17)6-16(2)12(19)20-13/h3-5H,6-8H2,1-2H3,(H,14,15,18). The fraction of sp³-hybridized carbons (Fsp3) is 0.462. The van der Waals surface area contributed by atoms with Crippen molar-refractivity contribution < 1.29 is 14.3 Å². The molecule has 0 unspecified atom stereocenters. The van der Waals surface area contributed by atoms with E-state index in [-0.39, 0.29) is 12.1 Å². The fourth-order valence-corrected chi connectivity index (χ4v) is 2.48. The van der Waals surface area contributed by atoms with Gasteiger partial charge in [-0.25, -0.2) is 14.6 Å². The van der Waals surface area contributed by atoms with Crippen molar-refractivity contribution in [3.8, 4) is 0 Å². The zero-order valence-corrected chi connectivity index (χ0v) is 11.4. The lowest BCUT2D eigenvalue weighted by Crippen LogP contribution is -2.66. The molecule has 2 aliphatic heterocycles. The molecule has 1 spiro atoms. The number of ether oxygens (including phenoxy) is 1. The normalized spacial score (nSPS) is 19.8. The third-order valence-electron chi connectivity index (χ3n) is 3.53. The summed E-state index contributed by atoms with van der Waals surface area (Å²) in [5.41, 5.74) is 0.510. The lowest BCUT2D eigenvalue weighted by molar-refractivity contribution is -0.0488. The number of hydrogen-bond donors (Lipinski definition) is 1. The Hall–Kier alpha value is -2.31. The molecule has 7 nitrogen and oxygen atoms in total. The molecule has 0 bridgehead atoms. The molecule has 2 aliphatic rings. The van der Waals surface area contributed by atoms with Crippen LogP contribution in [0, 0.1) is 6.92 Å². The minimum atomic E-state index is -0.524. The number of pyridine rings is 1. The maximum absolute atomic E-state index is 12.0. The van der Waals surface area contributed by atoms with Crippen LogP contribution in [0.4, 0.5) is 15.4 Å². The fourth-order valence-electron chi connectivity index (χ4n) is 2.48. The smallest absolute Gasteiger partial charge is 0.410 e. The van der Waals surface area contributed by atoms with E-state index in [0.717, 1.165) is 5.56 Å². The second-order valence-corrected chi connectivity index (χ2v) is 5.41. The van der Waals surface area contributed by atoms with E-state index in [2.05, 4.69) is 10.3 Å². The van der Waals surface area contributed by atoms with Crippen LogP contribution >= 0.6 is 0 Å². The lowest BCUT2D eigenvalue weighted by Gasteiger charge is -2.45. The van der Waals surface area contributed by atoms with Gasteiger partial charge in [0.25, 0.3) is 0 Å². The number of carbonyl (C=O) groups excluding carboxylic acids is 2. The Labute approximate surface area is 116 Å². The Bertz CT molecular complexity index is 551. The average Bonchev–Trinajstić information content (AvgIpc) is 2.67. The van der Waals surface area contributed by atoms with Gasteiger partial charge in [-0.1, -0.05) is 6.07 Å². The molecule has 3 heterocycles. The molecule has 20 heavy (non-hydrogen) atoms. The summed E-state index contributed by atoms with van der Waals surface area (Å²) in [5.74, 6) is 0.516. The summed E-state index contributed by atoms with van der Waals surface area (Å²) < 4.78 is 5.29. The molecule has 2 saturated heterocycles. The molecule has 3 rings (SSSR count). The summed E-state index contributed by atoms with van der Waals surface area (Å²) in [7, 11) is 1.69. The monoisotopic (exact) mass is 276 g/mol. The summed E-state index contributed by atoms with van der Waals surface area (Å²) in [4.78, 5) is 30.6. The summed E-state index contributed by atoms with van der Waals surface area (Å²) >= 11 is 0. The first kappa shape index (κ1) is 12.7. The highest BCUT2D eigenvalue weighted by Crippen LogP contribution is 2.31. The van der Waals surface area contributed by atoms with Crippen molar-refractivity contribution in [3.05, 3.63) is 23.9 Å². The van der Waals surface area contributed by atoms with Gasteiger partial charge in [0.2, 0.25) is 0 Å². The molecule has 0 atom stereocenters. The van der Waals surface area contributed by atoms with Gasteiger partial charge in [0.1, 0.15) is 5.82 Å². The molecule has 1 N–H and O–H groups in total. The largest absolute Gasteiger partial charge is 0.437 e. The van der Waals surface area contributed by atoms with Crippen LogP contribution in [0.15, 0.2) is 18.3 Å². The quantitative estimate of drug-likeness (QED) is 0.832. The highest BCUT2D eigenvalue weighted by atomic mass is 16.6. The van der Waals surface area contributed by atoms with Crippen molar-refractivity contribution >= 4 is 17.9 Å². The number of urea groups is 1. The van der Waals surface area contributed by atoms with Crippen molar-refractivity contribution in [3.63, 3.8) is 0 Å². The molecular formula is C13H16N4O3. The third-order valence-corrected chi connectivity index (χ3v) is 3.53. The first-order valence-electron chi connectivity index (χ1n) is 6.40. The highest BCUT2D eigenvalue weighted by Gasteiger charge is 2.54. The molecule has 106 valence electrons. The summed E-state index contributed by atoms with van der Waals surface area (Å²) in [6, 6.07) is 3.41. The van der Waals surface area contributed by atoms with Crippen molar-refractivity contribution in [1.82, 2.24) is 14.8 Å².